The molecule has 0 saturated carbocycles. The zero-order chi connectivity index (χ0) is 14.9. The highest BCUT2D eigenvalue weighted by Crippen LogP contribution is 2.28. The van der Waals surface area contributed by atoms with Gasteiger partial charge in [-0.15, -0.1) is 12.4 Å². The zero-order valence-corrected chi connectivity index (χ0v) is 13.5. The zero-order valence-electron chi connectivity index (χ0n) is 12.7. The SMILES string of the molecule is Cl.O=C(NCc1ccc2c(c1)CNC2)C1Cc2ccccc2O1. The third-order valence-electron chi connectivity index (χ3n) is 4.31. The summed E-state index contributed by atoms with van der Waals surface area (Å²) in [5.74, 6) is 0.779. The maximum atomic E-state index is 12.3. The first-order chi connectivity index (χ1) is 10.8. The summed E-state index contributed by atoms with van der Waals surface area (Å²) in [5.41, 5.74) is 4.92. The molecule has 0 aromatic heterocycles. The second-order valence-electron chi connectivity index (χ2n) is 5.84. The molecule has 23 heavy (non-hydrogen) atoms. The van der Waals surface area contributed by atoms with Crippen LogP contribution in [-0.4, -0.2) is 12.0 Å². The van der Waals surface area contributed by atoms with Crippen LogP contribution >= 0.6 is 12.4 Å². The number of hydrogen-bond acceptors (Lipinski definition) is 3. The lowest BCUT2D eigenvalue weighted by Crippen LogP contribution is -2.37. The van der Waals surface area contributed by atoms with Gasteiger partial charge in [0.25, 0.3) is 5.91 Å². The van der Waals surface area contributed by atoms with Crippen LogP contribution in [0.3, 0.4) is 0 Å². The molecule has 0 radical (unpaired) electrons. The van der Waals surface area contributed by atoms with E-state index in [2.05, 4.69) is 28.8 Å². The molecule has 0 saturated heterocycles. The van der Waals surface area contributed by atoms with Crippen LogP contribution in [0.1, 0.15) is 22.3 Å². The quantitative estimate of drug-likeness (QED) is 0.908. The van der Waals surface area contributed by atoms with Gasteiger partial charge in [-0.3, -0.25) is 4.79 Å². The Morgan fingerprint density at radius 3 is 2.83 bits per heavy atom. The maximum Gasteiger partial charge on any atom is 0.261 e. The number of hydrogen-bond donors (Lipinski definition) is 2. The molecule has 2 aromatic carbocycles. The van der Waals surface area contributed by atoms with Crippen molar-refractivity contribution in [1.82, 2.24) is 10.6 Å². The third kappa shape index (κ3) is 3.19. The normalized spacial score (nSPS) is 17.7. The molecule has 4 rings (SSSR count). The fourth-order valence-electron chi connectivity index (χ4n) is 3.09. The van der Waals surface area contributed by atoms with Gasteiger partial charge in [0.15, 0.2) is 6.10 Å². The summed E-state index contributed by atoms with van der Waals surface area (Å²) in [5, 5.41) is 6.31. The lowest BCUT2D eigenvalue weighted by molar-refractivity contribution is -0.127. The van der Waals surface area contributed by atoms with E-state index in [0.29, 0.717) is 13.0 Å². The molecule has 120 valence electrons. The fraction of sp³-hybridized carbons (Fsp3) is 0.278. The number of amides is 1. The first-order valence-corrected chi connectivity index (χ1v) is 7.63. The lowest BCUT2D eigenvalue weighted by Gasteiger charge is -2.12. The predicted molar refractivity (Wildman–Crippen MR) is 90.6 cm³/mol. The van der Waals surface area contributed by atoms with E-state index in [1.165, 1.54) is 11.1 Å². The number of benzene rings is 2. The van der Waals surface area contributed by atoms with Gasteiger partial charge >= 0.3 is 0 Å². The summed E-state index contributed by atoms with van der Waals surface area (Å²) in [6.07, 6.45) is 0.240. The second-order valence-corrected chi connectivity index (χ2v) is 5.84. The molecule has 2 N–H and O–H groups in total. The van der Waals surface area contributed by atoms with Crippen molar-refractivity contribution in [3.63, 3.8) is 0 Å². The van der Waals surface area contributed by atoms with Gasteiger partial charge in [-0.05, 0) is 28.3 Å². The molecule has 0 bridgehead atoms. The van der Waals surface area contributed by atoms with E-state index >= 15 is 0 Å². The van der Waals surface area contributed by atoms with Gasteiger partial charge in [0.2, 0.25) is 0 Å². The number of fused-ring (bicyclic) bond motifs is 2. The van der Waals surface area contributed by atoms with E-state index in [1.54, 1.807) is 0 Å². The van der Waals surface area contributed by atoms with Crippen molar-refractivity contribution in [3.8, 4) is 5.75 Å². The number of carbonyl (C=O) groups excluding carboxylic acids is 1. The van der Waals surface area contributed by atoms with Crippen LogP contribution in [0, 0.1) is 0 Å². The van der Waals surface area contributed by atoms with Crippen LogP contribution in [0.25, 0.3) is 0 Å². The topological polar surface area (TPSA) is 50.4 Å². The van der Waals surface area contributed by atoms with E-state index in [-0.39, 0.29) is 18.3 Å². The fourth-order valence-corrected chi connectivity index (χ4v) is 3.09. The lowest BCUT2D eigenvalue weighted by atomic mass is 10.1. The summed E-state index contributed by atoms with van der Waals surface area (Å²) < 4.78 is 5.71. The Bertz CT molecular complexity index is 708. The average Bonchev–Trinajstić information content (AvgIpc) is 3.18. The average molecular weight is 331 g/mol. The van der Waals surface area contributed by atoms with Gasteiger partial charge in [-0.2, -0.15) is 0 Å². The smallest absolute Gasteiger partial charge is 0.261 e. The minimum absolute atomic E-state index is 0. The predicted octanol–water partition coefficient (Wildman–Crippen LogP) is 2.33. The Balaban J connectivity index is 0.00000156. The number of rotatable bonds is 3. The van der Waals surface area contributed by atoms with Crippen LogP contribution in [0.2, 0.25) is 0 Å². The van der Waals surface area contributed by atoms with Crippen molar-refractivity contribution in [2.45, 2.75) is 32.2 Å². The third-order valence-corrected chi connectivity index (χ3v) is 4.31. The van der Waals surface area contributed by atoms with Gasteiger partial charge in [0, 0.05) is 26.1 Å². The van der Waals surface area contributed by atoms with Crippen molar-refractivity contribution in [1.29, 1.82) is 0 Å². The van der Waals surface area contributed by atoms with E-state index in [9.17, 15) is 4.79 Å². The van der Waals surface area contributed by atoms with Crippen molar-refractivity contribution >= 4 is 18.3 Å². The van der Waals surface area contributed by atoms with Crippen molar-refractivity contribution in [2.75, 3.05) is 0 Å². The summed E-state index contributed by atoms with van der Waals surface area (Å²) >= 11 is 0. The summed E-state index contributed by atoms with van der Waals surface area (Å²) in [6, 6.07) is 14.2. The van der Waals surface area contributed by atoms with Gasteiger partial charge in [0.1, 0.15) is 5.75 Å². The van der Waals surface area contributed by atoms with Gasteiger partial charge in [-0.25, -0.2) is 0 Å². The molecular weight excluding hydrogens is 312 g/mol. The highest BCUT2D eigenvalue weighted by molar-refractivity contribution is 5.85. The summed E-state index contributed by atoms with van der Waals surface area (Å²) in [6.45, 7) is 2.40. The molecule has 2 aliphatic rings. The second kappa shape index (κ2) is 6.60. The van der Waals surface area contributed by atoms with Crippen molar-refractivity contribution in [3.05, 3.63) is 64.7 Å². The van der Waals surface area contributed by atoms with Crippen LogP contribution < -0.4 is 15.4 Å². The number of carbonyl (C=O) groups is 1. The van der Waals surface area contributed by atoms with Crippen LogP contribution in [0.4, 0.5) is 0 Å². The number of halogens is 1. The van der Waals surface area contributed by atoms with Crippen LogP contribution in [0.15, 0.2) is 42.5 Å². The molecule has 2 aromatic rings. The molecule has 1 amide bonds. The molecule has 0 spiro atoms. The minimum Gasteiger partial charge on any atom is -0.480 e. The highest BCUT2D eigenvalue weighted by Gasteiger charge is 2.28. The van der Waals surface area contributed by atoms with Gasteiger partial charge in [0.05, 0.1) is 0 Å². The number of para-hydroxylation sites is 1. The van der Waals surface area contributed by atoms with E-state index < -0.39 is 6.10 Å². The van der Waals surface area contributed by atoms with Gasteiger partial charge in [-0.1, -0.05) is 36.4 Å². The molecule has 5 heteroatoms. The van der Waals surface area contributed by atoms with Crippen molar-refractivity contribution in [2.24, 2.45) is 0 Å². The Kier molecular flexibility index (Phi) is 4.55. The summed E-state index contributed by atoms with van der Waals surface area (Å²) in [4.78, 5) is 12.3. The Morgan fingerprint density at radius 2 is 1.96 bits per heavy atom. The van der Waals surface area contributed by atoms with E-state index in [0.717, 1.165) is 30.0 Å². The molecule has 1 unspecified atom stereocenters. The molecular formula is C18H19ClN2O2. The number of nitrogens with one attached hydrogen (secondary N) is 2. The largest absolute Gasteiger partial charge is 0.480 e. The van der Waals surface area contributed by atoms with Crippen LogP contribution in [0.5, 0.6) is 5.75 Å². The molecule has 1 atom stereocenters. The molecule has 2 heterocycles. The standard InChI is InChI=1S/C18H18N2O2.ClH/c21-18(17-8-13-3-1-2-4-16(13)22-17)20-9-12-5-6-14-10-19-11-15(14)7-12;/h1-7,17,19H,8-11H2,(H,20,21);1H. The first kappa shape index (κ1) is 15.8. The maximum absolute atomic E-state index is 12.3. The Hall–Kier alpha value is -2.04. The molecule has 4 nitrogen and oxygen atoms in total. The van der Waals surface area contributed by atoms with Crippen molar-refractivity contribution < 1.29 is 9.53 Å². The molecule has 0 fully saturated rings. The Morgan fingerprint density at radius 1 is 1.13 bits per heavy atom. The minimum atomic E-state index is -0.409. The summed E-state index contributed by atoms with van der Waals surface area (Å²) in [7, 11) is 0. The van der Waals surface area contributed by atoms with E-state index in [4.69, 9.17) is 4.74 Å². The van der Waals surface area contributed by atoms with E-state index in [1.807, 2.05) is 24.3 Å². The number of ether oxygens (including phenoxy) is 1. The highest BCUT2D eigenvalue weighted by atomic mass is 35.5. The first-order valence-electron chi connectivity index (χ1n) is 7.63. The van der Waals surface area contributed by atoms with Gasteiger partial charge < -0.3 is 15.4 Å². The Labute approximate surface area is 141 Å². The van der Waals surface area contributed by atoms with Crippen LogP contribution in [-0.2, 0) is 30.8 Å². The molecule has 2 aliphatic heterocycles. The molecule has 0 aliphatic carbocycles. The monoisotopic (exact) mass is 330 g/mol.